The van der Waals surface area contributed by atoms with Crippen molar-refractivity contribution < 1.29 is 9.76 Å². The smallest absolute Gasteiger partial charge is 0.273 e. The Bertz CT molecular complexity index is 383. The van der Waals surface area contributed by atoms with Gasteiger partial charge in [0.15, 0.2) is 5.75 Å². The lowest BCUT2D eigenvalue weighted by molar-refractivity contribution is -0.385. The van der Waals surface area contributed by atoms with E-state index in [0.717, 1.165) is 5.56 Å². The minimum absolute atomic E-state index is 0.0246. The highest BCUT2D eigenvalue weighted by Gasteiger charge is 2.21. The van der Waals surface area contributed by atoms with E-state index in [1.807, 2.05) is 20.8 Å². The molecule has 0 atom stereocenters. The van der Waals surface area contributed by atoms with Crippen LogP contribution in [0.2, 0.25) is 0 Å². The molecule has 0 radical (unpaired) electrons. The normalized spacial score (nSPS) is 11.2. The molecule has 0 saturated carbocycles. The van der Waals surface area contributed by atoms with Crippen molar-refractivity contribution >= 4 is 5.69 Å². The Morgan fingerprint density at radius 2 is 2.00 bits per heavy atom. The molecule has 0 heterocycles. The van der Waals surface area contributed by atoms with E-state index in [-0.39, 0.29) is 11.1 Å². The van der Waals surface area contributed by atoms with Crippen LogP contribution in [0.1, 0.15) is 26.3 Å². The molecule has 0 spiro atoms. The third-order valence-electron chi connectivity index (χ3n) is 2.11. The molecule has 0 aliphatic rings. The number of nitro benzene ring substituents is 1. The first-order valence-corrected chi connectivity index (χ1v) is 4.52. The SMILES string of the molecule is CC(C)(C)c1ccc([N+](=O)[O-])cc1ON. The summed E-state index contributed by atoms with van der Waals surface area (Å²) in [4.78, 5) is 14.7. The van der Waals surface area contributed by atoms with Crippen LogP contribution >= 0.6 is 0 Å². The van der Waals surface area contributed by atoms with Gasteiger partial charge >= 0.3 is 0 Å². The van der Waals surface area contributed by atoms with Gasteiger partial charge in [-0.05, 0) is 11.5 Å². The van der Waals surface area contributed by atoms with E-state index in [9.17, 15) is 10.1 Å². The van der Waals surface area contributed by atoms with Gasteiger partial charge in [0.2, 0.25) is 0 Å². The van der Waals surface area contributed by atoms with Crippen molar-refractivity contribution in [1.29, 1.82) is 0 Å². The Hall–Kier alpha value is -1.62. The van der Waals surface area contributed by atoms with Gasteiger partial charge in [-0.15, -0.1) is 0 Å². The van der Waals surface area contributed by atoms with Gasteiger partial charge in [-0.25, -0.2) is 0 Å². The van der Waals surface area contributed by atoms with Gasteiger partial charge in [0.1, 0.15) is 0 Å². The van der Waals surface area contributed by atoms with E-state index in [4.69, 9.17) is 5.90 Å². The van der Waals surface area contributed by atoms with Gasteiger partial charge in [-0.1, -0.05) is 20.8 Å². The molecule has 0 saturated heterocycles. The first kappa shape index (κ1) is 11.5. The maximum atomic E-state index is 10.5. The second kappa shape index (κ2) is 3.86. The van der Waals surface area contributed by atoms with Gasteiger partial charge in [0, 0.05) is 11.6 Å². The zero-order chi connectivity index (χ0) is 11.6. The quantitative estimate of drug-likeness (QED) is 0.599. The molecule has 82 valence electrons. The monoisotopic (exact) mass is 210 g/mol. The average Bonchev–Trinajstić information content (AvgIpc) is 2.15. The molecule has 0 aliphatic carbocycles. The van der Waals surface area contributed by atoms with E-state index in [1.54, 1.807) is 6.07 Å². The fraction of sp³-hybridized carbons (Fsp3) is 0.400. The highest BCUT2D eigenvalue weighted by Crippen LogP contribution is 2.33. The third kappa shape index (κ3) is 2.44. The summed E-state index contributed by atoms with van der Waals surface area (Å²) >= 11 is 0. The zero-order valence-corrected chi connectivity index (χ0v) is 8.98. The molecule has 1 rings (SSSR count). The van der Waals surface area contributed by atoms with Crippen molar-refractivity contribution in [3.8, 4) is 5.75 Å². The number of benzene rings is 1. The van der Waals surface area contributed by atoms with Crippen LogP contribution in [-0.4, -0.2) is 4.92 Å². The summed E-state index contributed by atoms with van der Waals surface area (Å²) in [7, 11) is 0. The van der Waals surface area contributed by atoms with Crippen LogP contribution in [0.15, 0.2) is 18.2 Å². The van der Waals surface area contributed by atoms with Gasteiger partial charge < -0.3 is 4.84 Å². The fourth-order valence-electron chi connectivity index (χ4n) is 1.34. The second-order valence-electron chi connectivity index (χ2n) is 4.31. The van der Waals surface area contributed by atoms with Crippen LogP contribution in [0.5, 0.6) is 5.75 Å². The van der Waals surface area contributed by atoms with Crippen molar-refractivity contribution in [3.63, 3.8) is 0 Å². The minimum Gasteiger partial charge on any atom is -0.411 e. The van der Waals surface area contributed by atoms with Crippen LogP contribution in [0.25, 0.3) is 0 Å². The summed E-state index contributed by atoms with van der Waals surface area (Å²) in [5.41, 5.74) is 0.656. The Labute approximate surface area is 88.0 Å². The predicted octanol–water partition coefficient (Wildman–Crippen LogP) is 2.14. The maximum absolute atomic E-state index is 10.5. The molecule has 1 aromatic rings. The highest BCUT2D eigenvalue weighted by atomic mass is 16.6. The molecule has 0 aliphatic heterocycles. The number of hydrogen-bond donors (Lipinski definition) is 1. The first-order chi connectivity index (χ1) is 6.86. The summed E-state index contributed by atoms with van der Waals surface area (Å²) < 4.78 is 0. The van der Waals surface area contributed by atoms with E-state index in [1.165, 1.54) is 12.1 Å². The summed E-state index contributed by atoms with van der Waals surface area (Å²) in [6.07, 6.45) is 0. The number of hydrogen-bond acceptors (Lipinski definition) is 4. The lowest BCUT2D eigenvalue weighted by Crippen LogP contribution is -2.15. The molecule has 1 aromatic carbocycles. The zero-order valence-electron chi connectivity index (χ0n) is 8.98. The molecule has 0 unspecified atom stereocenters. The van der Waals surface area contributed by atoms with Crippen LogP contribution in [0.3, 0.4) is 0 Å². The Kier molecular flexibility index (Phi) is 2.95. The predicted molar refractivity (Wildman–Crippen MR) is 56.6 cm³/mol. The standard InChI is InChI=1S/C10H14N2O3/c1-10(2,3)8-5-4-7(12(13)14)6-9(8)15-11/h4-6H,11H2,1-3H3. The van der Waals surface area contributed by atoms with Crippen LogP contribution < -0.4 is 10.7 Å². The van der Waals surface area contributed by atoms with Crippen molar-refractivity contribution in [2.75, 3.05) is 0 Å². The molecule has 2 N–H and O–H groups in total. The van der Waals surface area contributed by atoms with Gasteiger partial charge in [0.25, 0.3) is 5.69 Å². The van der Waals surface area contributed by atoms with Crippen molar-refractivity contribution in [3.05, 3.63) is 33.9 Å². The summed E-state index contributed by atoms with van der Waals surface area (Å²) in [6, 6.07) is 4.45. The van der Waals surface area contributed by atoms with E-state index < -0.39 is 4.92 Å². The number of rotatable bonds is 2. The van der Waals surface area contributed by atoms with Gasteiger partial charge in [-0.3, -0.25) is 10.1 Å². The molecule has 0 bridgehead atoms. The molecule has 0 amide bonds. The van der Waals surface area contributed by atoms with Crippen molar-refractivity contribution in [2.24, 2.45) is 5.90 Å². The number of non-ortho nitro benzene ring substituents is 1. The lowest BCUT2D eigenvalue weighted by atomic mass is 9.86. The summed E-state index contributed by atoms with van der Waals surface area (Å²) in [5, 5.41) is 10.5. The molecule has 5 nitrogen and oxygen atoms in total. The largest absolute Gasteiger partial charge is 0.411 e. The Morgan fingerprint density at radius 3 is 2.40 bits per heavy atom. The number of nitrogens with zero attached hydrogens (tertiary/aromatic N) is 1. The topological polar surface area (TPSA) is 78.4 Å². The second-order valence-corrected chi connectivity index (χ2v) is 4.31. The summed E-state index contributed by atoms with van der Waals surface area (Å²) in [6.45, 7) is 5.95. The molecular weight excluding hydrogens is 196 g/mol. The lowest BCUT2D eigenvalue weighted by Gasteiger charge is -2.20. The number of nitro groups is 1. The molecule has 5 heteroatoms. The third-order valence-corrected chi connectivity index (χ3v) is 2.11. The van der Waals surface area contributed by atoms with Crippen molar-refractivity contribution in [1.82, 2.24) is 0 Å². The maximum Gasteiger partial charge on any atom is 0.273 e. The van der Waals surface area contributed by atoms with Gasteiger partial charge in [0.05, 0.1) is 11.0 Å². The van der Waals surface area contributed by atoms with E-state index in [0.29, 0.717) is 5.75 Å². The van der Waals surface area contributed by atoms with E-state index >= 15 is 0 Å². The highest BCUT2D eigenvalue weighted by molar-refractivity contribution is 5.47. The average molecular weight is 210 g/mol. The van der Waals surface area contributed by atoms with E-state index in [2.05, 4.69) is 4.84 Å². The number of nitrogens with two attached hydrogens (primary N) is 1. The van der Waals surface area contributed by atoms with Crippen molar-refractivity contribution in [2.45, 2.75) is 26.2 Å². The molecular formula is C10H14N2O3. The molecule has 15 heavy (non-hydrogen) atoms. The van der Waals surface area contributed by atoms with Gasteiger partial charge in [-0.2, -0.15) is 5.90 Å². The minimum atomic E-state index is -0.477. The Balaban J connectivity index is 3.27. The fourth-order valence-corrected chi connectivity index (χ4v) is 1.34. The van der Waals surface area contributed by atoms with Crippen LogP contribution in [-0.2, 0) is 5.41 Å². The molecule has 0 fully saturated rings. The first-order valence-electron chi connectivity index (χ1n) is 4.52. The van der Waals surface area contributed by atoms with Crippen LogP contribution in [0.4, 0.5) is 5.69 Å². The molecule has 0 aromatic heterocycles. The Morgan fingerprint density at radius 1 is 1.40 bits per heavy atom. The summed E-state index contributed by atoms with van der Waals surface area (Å²) in [5.74, 6) is 5.44. The van der Waals surface area contributed by atoms with Crippen LogP contribution in [0, 0.1) is 10.1 Å².